The van der Waals surface area contributed by atoms with E-state index in [-0.39, 0.29) is 18.0 Å². The molecule has 7 nitrogen and oxygen atoms in total. The predicted molar refractivity (Wildman–Crippen MR) is 116 cm³/mol. The van der Waals surface area contributed by atoms with Crippen LogP contribution < -0.4 is 5.32 Å². The molecule has 0 spiro atoms. The van der Waals surface area contributed by atoms with E-state index in [9.17, 15) is 4.79 Å². The van der Waals surface area contributed by atoms with Gasteiger partial charge in [-0.3, -0.25) is 9.69 Å². The second-order valence-electron chi connectivity index (χ2n) is 9.22. The van der Waals surface area contributed by atoms with Crippen LogP contribution in [0.3, 0.4) is 0 Å². The SMILES string of the molecule is CC(C)c1ccc(CN2C[C@H](n3cnnn3)C[C@H]2C(=O)NC2CCCCCC2)cc1. The molecule has 30 heavy (non-hydrogen) atoms. The van der Waals surface area contributed by atoms with Crippen LogP contribution in [0.2, 0.25) is 0 Å². The summed E-state index contributed by atoms with van der Waals surface area (Å²) in [6.45, 7) is 5.96. The van der Waals surface area contributed by atoms with E-state index in [0.717, 1.165) is 32.4 Å². The molecule has 2 aliphatic rings. The first-order valence-corrected chi connectivity index (χ1v) is 11.5. The molecular weight excluding hydrogens is 376 g/mol. The zero-order valence-electron chi connectivity index (χ0n) is 18.2. The van der Waals surface area contributed by atoms with Crippen LogP contribution in [0.4, 0.5) is 0 Å². The van der Waals surface area contributed by atoms with E-state index in [1.54, 1.807) is 11.0 Å². The Morgan fingerprint density at radius 2 is 1.87 bits per heavy atom. The zero-order valence-corrected chi connectivity index (χ0v) is 18.2. The summed E-state index contributed by atoms with van der Waals surface area (Å²) in [4.78, 5) is 15.6. The van der Waals surface area contributed by atoms with Crippen molar-refractivity contribution >= 4 is 5.91 Å². The van der Waals surface area contributed by atoms with Gasteiger partial charge in [-0.25, -0.2) is 4.68 Å². The van der Waals surface area contributed by atoms with Crippen molar-refractivity contribution in [3.63, 3.8) is 0 Å². The van der Waals surface area contributed by atoms with Crippen molar-refractivity contribution in [2.24, 2.45) is 0 Å². The molecule has 0 bridgehead atoms. The lowest BCUT2D eigenvalue weighted by Gasteiger charge is -2.26. The molecule has 0 radical (unpaired) electrons. The number of aromatic nitrogens is 4. The lowest BCUT2D eigenvalue weighted by atomic mass is 10.0. The fraction of sp³-hybridized carbons (Fsp3) is 0.652. The van der Waals surface area contributed by atoms with Gasteiger partial charge in [0.1, 0.15) is 6.33 Å². The molecule has 2 fully saturated rings. The molecule has 4 rings (SSSR count). The van der Waals surface area contributed by atoms with Gasteiger partial charge < -0.3 is 5.32 Å². The molecule has 1 aromatic heterocycles. The predicted octanol–water partition coefficient (Wildman–Crippen LogP) is 3.45. The molecule has 1 aliphatic carbocycles. The highest BCUT2D eigenvalue weighted by Gasteiger charge is 2.38. The van der Waals surface area contributed by atoms with Crippen molar-refractivity contribution in [3.8, 4) is 0 Å². The van der Waals surface area contributed by atoms with E-state index >= 15 is 0 Å². The molecule has 1 N–H and O–H groups in total. The minimum atomic E-state index is -0.146. The summed E-state index contributed by atoms with van der Waals surface area (Å²) in [5.41, 5.74) is 2.58. The Balaban J connectivity index is 1.47. The van der Waals surface area contributed by atoms with Crippen LogP contribution in [0.1, 0.15) is 81.9 Å². The minimum Gasteiger partial charge on any atom is -0.352 e. The summed E-state index contributed by atoms with van der Waals surface area (Å²) in [5, 5.41) is 15.0. The molecular formula is C23H34N6O. The van der Waals surface area contributed by atoms with E-state index in [4.69, 9.17) is 0 Å². The summed E-state index contributed by atoms with van der Waals surface area (Å²) in [7, 11) is 0. The van der Waals surface area contributed by atoms with Gasteiger partial charge in [0.05, 0.1) is 12.1 Å². The van der Waals surface area contributed by atoms with Gasteiger partial charge in [-0.2, -0.15) is 0 Å². The molecule has 0 unspecified atom stereocenters. The average molecular weight is 411 g/mol. The van der Waals surface area contributed by atoms with E-state index in [1.807, 2.05) is 0 Å². The molecule has 1 aliphatic heterocycles. The number of hydrogen-bond acceptors (Lipinski definition) is 5. The Labute approximate surface area is 179 Å². The topological polar surface area (TPSA) is 75.9 Å². The molecule has 162 valence electrons. The van der Waals surface area contributed by atoms with Gasteiger partial charge in [0, 0.05) is 19.1 Å². The summed E-state index contributed by atoms with van der Waals surface area (Å²) in [6, 6.07) is 9.09. The molecule has 2 atom stereocenters. The van der Waals surface area contributed by atoms with Crippen molar-refractivity contribution in [2.75, 3.05) is 6.54 Å². The smallest absolute Gasteiger partial charge is 0.237 e. The van der Waals surface area contributed by atoms with Crippen molar-refractivity contribution in [2.45, 2.75) is 89.4 Å². The third-order valence-electron chi connectivity index (χ3n) is 6.66. The highest BCUT2D eigenvalue weighted by molar-refractivity contribution is 5.82. The largest absolute Gasteiger partial charge is 0.352 e. The minimum absolute atomic E-state index is 0.125. The van der Waals surface area contributed by atoms with Crippen molar-refractivity contribution in [3.05, 3.63) is 41.7 Å². The maximum Gasteiger partial charge on any atom is 0.237 e. The number of nitrogens with zero attached hydrogens (tertiary/aromatic N) is 5. The van der Waals surface area contributed by atoms with Crippen LogP contribution in [-0.4, -0.2) is 49.6 Å². The first-order chi connectivity index (χ1) is 14.6. The van der Waals surface area contributed by atoms with Crippen molar-refractivity contribution in [1.29, 1.82) is 0 Å². The molecule has 2 aromatic rings. The maximum absolute atomic E-state index is 13.3. The van der Waals surface area contributed by atoms with Gasteiger partial charge in [-0.05, 0) is 46.7 Å². The Morgan fingerprint density at radius 3 is 2.50 bits per heavy atom. The van der Waals surface area contributed by atoms with Gasteiger partial charge >= 0.3 is 0 Å². The van der Waals surface area contributed by atoms with Gasteiger partial charge in [0.15, 0.2) is 0 Å². The number of carbonyl (C=O) groups is 1. The molecule has 1 saturated carbocycles. The quantitative estimate of drug-likeness (QED) is 0.738. The van der Waals surface area contributed by atoms with Crippen LogP contribution in [-0.2, 0) is 11.3 Å². The lowest BCUT2D eigenvalue weighted by Crippen LogP contribution is -2.46. The molecule has 7 heteroatoms. The third-order valence-corrected chi connectivity index (χ3v) is 6.66. The van der Waals surface area contributed by atoms with Crippen molar-refractivity contribution in [1.82, 2.24) is 30.4 Å². The number of hydrogen-bond donors (Lipinski definition) is 1. The monoisotopic (exact) mass is 410 g/mol. The third kappa shape index (κ3) is 5.06. The van der Waals surface area contributed by atoms with E-state index in [2.05, 4.69) is 63.9 Å². The normalized spacial score (nSPS) is 23.6. The number of nitrogens with one attached hydrogen (secondary N) is 1. The van der Waals surface area contributed by atoms with Gasteiger partial charge in [0.25, 0.3) is 0 Å². The summed E-state index contributed by atoms with van der Waals surface area (Å²) in [5.74, 6) is 0.685. The van der Waals surface area contributed by atoms with Crippen LogP contribution in [0.15, 0.2) is 30.6 Å². The van der Waals surface area contributed by atoms with Crippen molar-refractivity contribution < 1.29 is 4.79 Å². The molecule has 1 saturated heterocycles. The fourth-order valence-electron chi connectivity index (χ4n) is 4.82. The average Bonchev–Trinajstić information content (AvgIpc) is 3.34. The molecule has 1 aromatic carbocycles. The fourth-order valence-corrected chi connectivity index (χ4v) is 4.82. The molecule has 1 amide bonds. The first kappa shape index (κ1) is 21.0. The summed E-state index contributed by atoms with van der Waals surface area (Å²) in [6.07, 6.45) is 9.62. The molecule has 2 heterocycles. The number of likely N-dealkylation sites (tertiary alicyclic amines) is 1. The van der Waals surface area contributed by atoms with Crippen LogP contribution in [0, 0.1) is 0 Å². The highest BCUT2D eigenvalue weighted by atomic mass is 16.2. The lowest BCUT2D eigenvalue weighted by molar-refractivity contribution is -0.126. The van der Waals surface area contributed by atoms with Crippen LogP contribution in [0.25, 0.3) is 0 Å². The highest BCUT2D eigenvalue weighted by Crippen LogP contribution is 2.29. The Bertz CT molecular complexity index is 796. The number of benzene rings is 1. The van der Waals surface area contributed by atoms with E-state index in [0.29, 0.717) is 12.0 Å². The maximum atomic E-state index is 13.3. The van der Waals surface area contributed by atoms with Gasteiger partial charge in [-0.1, -0.05) is 63.8 Å². The number of carbonyl (C=O) groups excluding carboxylic acids is 1. The van der Waals surface area contributed by atoms with Crippen LogP contribution in [0.5, 0.6) is 0 Å². The standard InChI is InChI=1S/C23H34N6O/c1-17(2)19-11-9-18(10-12-19)14-28-15-21(29-16-24-26-27-29)13-22(28)23(30)25-20-7-5-3-4-6-8-20/h9-12,16-17,20-22H,3-8,13-15H2,1-2H3,(H,25,30)/t21-,22+/m1/s1. The zero-order chi connectivity index (χ0) is 20.9. The van der Waals surface area contributed by atoms with Gasteiger partial charge in [0.2, 0.25) is 5.91 Å². The summed E-state index contributed by atoms with van der Waals surface area (Å²) < 4.78 is 1.80. The Morgan fingerprint density at radius 1 is 1.13 bits per heavy atom. The second kappa shape index (κ2) is 9.69. The summed E-state index contributed by atoms with van der Waals surface area (Å²) >= 11 is 0. The van der Waals surface area contributed by atoms with Gasteiger partial charge in [-0.15, -0.1) is 5.10 Å². The van der Waals surface area contributed by atoms with E-state index < -0.39 is 0 Å². The van der Waals surface area contributed by atoms with Crippen LogP contribution >= 0.6 is 0 Å². The van der Waals surface area contributed by atoms with E-state index in [1.165, 1.54) is 36.8 Å². The Hall–Kier alpha value is -2.28. The number of amides is 1. The number of tetrazole rings is 1. The first-order valence-electron chi connectivity index (χ1n) is 11.5. The Kier molecular flexibility index (Phi) is 6.77. The second-order valence-corrected chi connectivity index (χ2v) is 9.22. The number of rotatable bonds is 6.